The van der Waals surface area contributed by atoms with Crippen molar-refractivity contribution in [2.24, 2.45) is 0 Å². The summed E-state index contributed by atoms with van der Waals surface area (Å²) in [7, 11) is -3.22. The van der Waals surface area contributed by atoms with E-state index in [9.17, 15) is 8.42 Å². The van der Waals surface area contributed by atoms with Crippen molar-refractivity contribution in [2.45, 2.75) is 12.3 Å². The topological polar surface area (TPSA) is 102 Å². The molecule has 0 radical (unpaired) electrons. The second-order valence-electron chi connectivity index (χ2n) is 3.94. The maximum atomic E-state index is 12.1. The highest BCUT2D eigenvalue weighted by molar-refractivity contribution is 8.01. The summed E-state index contributed by atoms with van der Waals surface area (Å²) in [4.78, 5) is 13.3. The van der Waals surface area contributed by atoms with Crippen LogP contribution in [-0.2, 0) is 9.84 Å². The van der Waals surface area contributed by atoms with Crippen molar-refractivity contribution >= 4 is 45.1 Å². The Morgan fingerprint density at radius 3 is 2.84 bits per heavy atom. The van der Waals surface area contributed by atoms with E-state index in [1.165, 1.54) is 0 Å². The molecule has 0 bridgehead atoms. The van der Waals surface area contributed by atoms with Crippen molar-refractivity contribution in [1.29, 1.82) is 0 Å². The molecule has 1 aliphatic rings. The molecule has 0 spiro atoms. The first-order valence-corrected chi connectivity index (χ1v) is 8.92. The zero-order chi connectivity index (χ0) is 14.0. The minimum absolute atomic E-state index is 0.0131. The first kappa shape index (κ1) is 14.6. The van der Waals surface area contributed by atoms with Gasteiger partial charge in [0.2, 0.25) is 17.2 Å². The van der Waals surface area contributed by atoms with Crippen LogP contribution in [0.1, 0.15) is 6.92 Å². The standard InChI is InChI=1S/C9H14ClN5O2S2/c1-2-19(16,17)6-5-18-4-3-15(6)9-13-7(10)12-8(11)14-9/h6H,2-5H2,1H3,(H2,11,12,13,14). The van der Waals surface area contributed by atoms with Crippen LogP contribution in [0.15, 0.2) is 0 Å². The van der Waals surface area contributed by atoms with E-state index in [1.807, 2.05) is 0 Å². The number of rotatable bonds is 3. The number of hydrogen-bond donors (Lipinski definition) is 1. The fourth-order valence-electron chi connectivity index (χ4n) is 1.78. The molecule has 0 saturated carbocycles. The van der Waals surface area contributed by atoms with Crippen LogP contribution in [0, 0.1) is 0 Å². The van der Waals surface area contributed by atoms with Crippen molar-refractivity contribution in [3.63, 3.8) is 0 Å². The minimum atomic E-state index is -3.22. The number of anilines is 2. The Morgan fingerprint density at radius 2 is 2.21 bits per heavy atom. The van der Waals surface area contributed by atoms with E-state index in [-0.39, 0.29) is 22.9 Å². The average Bonchev–Trinajstić information content (AvgIpc) is 2.37. The molecular weight excluding hydrogens is 310 g/mol. The highest BCUT2D eigenvalue weighted by Gasteiger charge is 2.34. The number of hydrogen-bond acceptors (Lipinski definition) is 8. The van der Waals surface area contributed by atoms with Gasteiger partial charge in [0.25, 0.3) is 0 Å². The molecule has 1 saturated heterocycles. The van der Waals surface area contributed by atoms with Crippen LogP contribution in [0.4, 0.5) is 11.9 Å². The molecule has 1 fully saturated rings. The number of aromatic nitrogens is 3. The van der Waals surface area contributed by atoms with Crippen LogP contribution in [0.2, 0.25) is 5.28 Å². The lowest BCUT2D eigenvalue weighted by molar-refractivity contribution is 0.577. The molecule has 1 aromatic heterocycles. The van der Waals surface area contributed by atoms with E-state index < -0.39 is 15.2 Å². The molecule has 1 unspecified atom stereocenters. The summed E-state index contributed by atoms with van der Waals surface area (Å²) < 4.78 is 24.2. The molecule has 19 heavy (non-hydrogen) atoms. The molecule has 1 aromatic rings. The van der Waals surface area contributed by atoms with Gasteiger partial charge in [0.1, 0.15) is 5.37 Å². The molecule has 106 valence electrons. The van der Waals surface area contributed by atoms with Crippen molar-refractivity contribution < 1.29 is 8.42 Å². The Balaban J connectivity index is 2.39. The number of nitrogen functional groups attached to an aromatic ring is 1. The molecule has 0 aromatic carbocycles. The first-order valence-electron chi connectivity index (χ1n) is 5.67. The van der Waals surface area contributed by atoms with Gasteiger partial charge < -0.3 is 10.6 Å². The van der Waals surface area contributed by atoms with Crippen molar-refractivity contribution in [1.82, 2.24) is 15.0 Å². The molecule has 1 aliphatic heterocycles. The molecule has 0 amide bonds. The van der Waals surface area contributed by atoms with Crippen LogP contribution in [0.25, 0.3) is 0 Å². The summed E-state index contributed by atoms with van der Waals surface area (Å²) in [6.07, 6.45) is 0. The van der Waals surface area contributed by atoms with Gasteiger partial charge in [-0.1, -0.05) is 6.92 Å². The molecule has 2 heterocycles. The summed E-state index contributed by atoms with van der Waals surface area (Å²) in [6.45, 7) is 2.16. The van der Waals surface area contributed by atoms with Crippen LogP contribution >= 0.6 is 23.4 Å². The van der Waals surface area contributed by atoms with E-state index >= 15 is 0 Å². The van der Waals surface area contributed by atoms with Gasteiger partial charge in [0.15, 0.2) is 9.84 Å². The van der Waals surface area contributed by atoms with Crippen LogP contribution < -0.4 is 10.6 Å². The van der Waals surface area contributed by atoms with Gasteiger partial charge in [-0.3, -0.25) is 0 Å². The minimum Gasteiger partial charge on any atom is -0.368 e. The van der Waals surface area contributed by atoms with Gasteiger partial charge in [-0.25, -0.2) is 8.42 Å². The van der Waals surface area contributed by atoms with Crippen molar-refractivity contribution in [2.75, 3.05) is 34.4 Å². The van der Waals surface area contributed by atoms with Crippen LogP contribution in [0.3, 0.4) is 0 Å². The van der Waals surface area contributed by atoms with Gasteiger partial charge in [0.05, 0.1) is 0 Å². The zero-order valence-electron chi connectivity index (χ0n) is 10.3. The monoisotopic (exact) mass is 323 g/mol. The smallest absolute Gasteiger partial charge is 0.232 e. The summed E-state index contributed by atoms with van der Waals surface area (Å²) >= 11 is 7.34. The SMILES string of the molecule is CCS(=O)(=O)C1CSCCN1c1nc(N)nc(Cl)n1. The third-order valence-electron chi connectivity index (χ3n) is 2.77. The lowest BCUT2D eigenvalue weighted by Crippen LogP contribution is -2.48. The van der Waals surface area contributed by atoms with Crippen LogP contribution in [0.5, 0.6) is 0 Å². The summed E-state index contributed by atoms with van der Waals surface area (Å²) in [6, 6.07) is 0. The fourth-order valence-corrected chi connectivity index (χ4v) is 4.91. The van der Waals surface area contributed by atoms with Gasteiger partial charge in [-0.15, -0.1) is 0 Å². The molecule has 2 rings (SSSR count). The Morgan fingerprint density at radius 1 is 1.47 bits per heavy atom. The van der Waals surface area contributed by atoms with E-state index in [0.29, 0.717) is 12.3 Å². The molecule has 10 heteroatoms. The second kappa shape index (κ2) is 5.68. The van der Waals surface area contributed by atoms with E-state index in [2.05, 4.69) is 15.0 Å². The van der Waals surface area contributed by atoms with Gasteiger partial charge in [0, 0.05) is 23.8 Å². The quantitative estimate of drug-likeness (QED) is 0.854. The lowest BCUT2D eigenvalue weighted by atomic mass is 10.5. The van der Waals surface area contributed by atoms with E-state index in [0.717, 1.165) is 5.75 Å². The van der Waals surface area contributed by atoms with Crippen molar-refractivity contribution in [3.8, 4) is 0 Å². The third kappa shape index (κ3) is 3.21. The average molecular weight is 324 g/mol. The van der Waals surface area contributed by atoms with E-state index in [4.69, 9.17) is 17.3 Å². The highest BCUT2D eigenvalue weighted by Crippen LogP contribution is 2.25. The second-order valence-corrected chi connectivity index (χ2v) is 7.87. The van der Waals surface area contributed by atoms with Gasteiger partial charge in [-0.2, -0.15) is 26.7 Å². The van der Waals surface area contributed by atoms with Crippen molar-refractivity contribution in [3.05, 3.63) is 5.28 Å². The Bertz CT molecular complexity index is 547. The van der Waals surface area contributed by atoms with Crippen LogP contribution in [-0.4, -0.2) is 52.5 Å². The first-order chi connectivity index (χ1) is 8.94. The van der Waals surface area contributed by atoms with Gasteiger partial charge in [-0.05, 0) is 11.6 Å². The maximum absolute atomic E-state index is 12.1. The summed E-state index contributed by atoms with van der Waals surface area (Å²) in [5.41, 5.74) is 5.53. The Labute approximate surface area is 120 Å². The Kier molecular flexibility index (Phi) is 4.36. The molecule has 7 nitrogen and oxygen atoms in total. The maximum Gasteiger partial charge on any atom is 0.232 e. The largest absolute Gasteiger partial charge is 0.368 e. The zero-order valence-corrected chi connectivity index (χ0v) is 12.7. The third-order valence-corrected chi connectivity index (χ3v) is 6.23. The molecule has 2 N–H and O–H groups in total. The number of nitrogens with two attached hydrogens (primary N) is 1. The fraction of sp³-hybridized carbons (Fsp3) is 0.667. The summed E-state index contributed by atoms with van der Waals surface area (Å²) in [5, 5.41) is -0.678. The molecule has 1 atom stereocenters. The lowest BCUT2D eigenvalue weighted by Gasteiger charge is -2.34. The molecular formula is C9H14ClN5O2S2. The number of sulfone groups is 1. The normalized spacial score (nSPS) is 20.5. The predicted molar refractivity (Wildman–Crippen MR) is 77.2 cm³/mol. The highest BCUT2D eigenvalue weighted by atomic mass is 35.5. The predicted octanol–water partition coefficient (Wildman–Crippen LogP) is 0.421. The number of thioether (sulfide) groups is 1. The number of halogens is 1. The Hall–Kier alpha value is -0.800. The van der Waals surface area contributed by atoms with E-state index in [1.54, 1.807) is 23.6 Å². The molecule has 0 aliphatic carbocycles. The number of nitrogens with zero attached hydrogens (tertiary/aromatic N) is 4. The van der Waals surface area contributed by atoms with Gasteiger partial charge >= 0.3 is 0 Å². The summed E-state index contributed by atoms with van der Waals surface area (Å²) in [5.74, 6) is 1.57.